The molecule has 0 aliphatic carbocycles. The first-order valence-electron chi connectivity index (χ1n) is 9.50. The fraction of sp³-hybridized carbons (Fsp3) is 0. The normalized spacial score (nSPS) is 10.5. The van der Waals surface area contributed by atoms with E-state index in [4.69, 9.17) is 0 Å². The Kier molecular flexibility index (Phi) is 5.45. The van der Waals surface area contributed by atoms with Crippen LogP contribution in [0.25, 0.3) is 22.3 Å². The van der Waals surface area contributed by atoms with Gasteiger partial charge in [0.15, 0.2) is 0 Å². The number of rotatable bonds is 5. The van der Waals surface area contributed by atoms with E-state index in [1.165, 1.54) is 18.2 Å². The second-order valence-corrected chi connectivity index (χ2v) is 6.86. The number of carboxylic acid groups (broad SMARTS) is 1. The molecule has 0 unspecified atom stereocenters. The molecular weight excluding hydrogens is 392 g/mol. The zero-order valence-electron chi connectivity index (χ0n) is 16.3. The number of phenolic OH excluding ortho intramolecular Hbond substituents is 1. The Bertz CT molecular complexity index is 1260. The van der Waals surface area contributed by atoms with Gasteiger partial charge in [0.2, 0.25) is 0 Å². The Balaban J connectivity index is 1.65. The quantitative estimate of drug-likeness (QED) is 0.426. The second-order valence-electron chi connectivity index (χ2n) is 6.86. The van der Waals surface area contributed by atoms with Crippen LogP contribution in [0.3, 0.4) is 0 Å². The van der Waals surface area contributed by atoms with E-state index < -0.39 is 11.9 Å². The molecule has 1 amide bonds. The summed E-state index contributed by atoms with van der Waals surface area (Å²) >= 11 is 0. The van der Waals surface area contributed by atoms with Gasteiger partial charge in [-0.25, -0.2) is 4.79 Å². The van der Waals surface area contributed by atoms with Crippen LogP contribution in [0.5, 0.6) is 5.75 Å². The lowest BCUT2D eigenvalue weighted by Crippen LogP contribution is -2.15. The highest BCUT2D eigenvalue weighted by atomic mass is 16.4. The van der Waals surface area contributed by atoms with Crippen molar-refractivity contribution in [2.75, 3.05) is 5.32 Å². The predicted octanol–water partition coefficient (Wildman–Crippen LogP) is 5.07. The van der Waals surface area contributed by atoms with Crippen molar-refractivity contribution in [2.45, 2.75) is 0 Å². The van der Waals surface area contributed by atoms with Crippen LogP contribution in [-0.2, 0) is 0 Å². The van der Waals surface area contributed by atoms with Crippen LogP contribution >= 0.6 is 0 Å². The first kappa shape index (κ1) is 19.8. The standard InChI is InChI=1S/C25H18N2O4/c28-23-14-18(19-7-4-12-26-15-19)9-11-21(23)24(29)27-22-13-17(8-10-20(22)25(30)31)16-5-2-1-3-6-16/h1-15,28H,(H,27,29)(H,30,31). The summed E-state index contributed by atoms with van der Waals surface area (Å²) in [4.78, 5) is 28.5. The molecule has 0 bridgehead atoms. The fourth-order valence-corrected chi connectivity index (χ4v) is 3.27. The fourth-order valence-electron chi connectivity index (χ4n) is 3.27. The number of carboxylic acids is 1. The third kappa shape index (κ3) is 4.28. The first-order valence-corrected chi connectivity index (χ1v) is 9.50. The molecule has 0 saturated heterocycles. The van der Waals surface area contributed by atoms with Gasteiger partial charge in [0.1, 0.15) is 5.75 Å². The van der Waals surface area contributed by atoms with E-state index in [0.29, 0.717) is 5.56 Å². The number of hydrogen-bond acceptors (Lipinski definition) is 4. The maximum absolute atomic E-state index is 12.8. The van der Waals surface area contributed by atoms with Gasteiger partial charge in [-0.05, 0) is 47.0 Å². The molecule has 3 N–H and O–H groups in total. The molecule has 4 rings (SSSR count). The van der Waals surface area contributed by atoms with Gasteiger partial charge in [-0.3, -0.25) is 9.78 Å². The van der Waals surface area contributed by atoms with Crippen molar-refractivity contribution in [1.82, 2.24) is 4.98 Å². The lowest BCUT2D eigenvalue weighted by molar-refractivity contribution is 0.0698. The third-order valence-corrected chi connectivity index (χ3v) is 4.84. The number of aromatic hydroxyl groups is 1. The number of amides is 1. The average Bonchev–Trinajstić information content (AvgIpc) is 2.80. The third-order valence-electron chi connectivity index (χ3n) is 4.84. The Hall–Kier alpha value is -4.45. The number of benzene rings is 3. The van der Waals surface area contributed by atoms with Crippen molar-refractivity contribution < 1.29 is 19.8 Å². The van der Waals surface area contributed by atoms with Crippen molar-refractivity contribution >= 4 is 17.6 Å². The maximum atomic E-state index is 12.8. The number of carbonyl (C=O) groups excluding carboxylic acids is 1. The maximum Gasteiger partial charge on any atom is 0.337 e. The molecule has 0 aliphatic heterocycles. The van der Waals surface area contributed by atoms with Crippen LogP contribution in [0.2, 0.25) is 0 Å². The van der Waals surface area contributed by atoms with Crippen LogP contribution < -0.4 is 5.32 Å². The van der Waals surface area contributed by atoms with Crippen LogP contribution in [0, 0.1) is 0 Å². The van der Waals surface area contributed by atoms with Crippen LogP contribution in [0.1, 0.15) is 20.7 Å². The number of nitrogens with one attached hydrogen (secondary N) is 1. The van der Waals surface area contributed by atoms with E-state index in [9.17, 15) is 19.8 Å². The zero-order valence-corrected chi connectivity index (χ0v) is 16.3. The SMILES string of the molecule is O=C(Nc1cc(-c2ccccc2)ccc1C(=O)O)c1ccc(-c2cccnc2)cc1O. The highest BCUT2D eigenvalue weighted by Gasteiger charge is 2.17. The number of nitrogens with zero attached hydrogens (tertiary/aromatic N) is 1. The van der Waals surface area contributed by atoms with Gasteiger partial charge in [-0.2, -0.15) is 0 Å². The Morgan fingerprint density at radius 2 is 1.42 bits per heavy atom. The molecule has 0 radical (unpaired) electrons. The van der Waals surface area contributed by atoms with Crippen molar-refractivity contribution in [3.63, 3.8) is 0 Å². The molecule has 0 saturated carbocycles. The highest BCUT2D eigenvalue weighted by Crippen LogP contribution is 2.29. The molecule has 6 heteroatoms. The molecule has 31 heavy (non-hydrogen) atoms. The summed E-state index contributed by atoms with van der Waals surface area (Å²) in [6.07, 6.45) is 3.30. The van der Waals surface area contributed by atoms with Gasteiger partial charge in [0.25, 0.3) is 5.91 Å². The van der Waals surface area contributed by atoms with E-state index in [1.54, 1.807) is 36.7 Å². The van der Waals surface area contributed by atoms with E-state index in [1.807, 2.05) is 36.4 Å². The van der Waals surface area contributed by atoms with Gasteiger partial charge >= 0.3 is 5.97 Å². The molecule has 1 heterocycles. The first-order chi connectivity index (χ1) is 15.0. The van der Waals surface area contributed by atoms with Crippen LogP contribution in [0.15, 0.2) is 91.3 Å². The van der Waals surface area contributed by atoms with Crippen LogP contribution in [-0.4, -0.2) is 27.1 Å². The van der Waals surface area contributed by atoms with Gasteiger partial charge in [-0.1, -0.05) is 48.5 Å². The Morgan fingerprint density at radius 3 is 2.06 bits per heavy atom. The smallest absolute Gasteiger partial charge is 0.337 e. The summed E-state index contributed by atoms with van der Waals surface area (Å²) < 4.78 is 0. The Morgan fingerprint density at radius 1 is 0.742 bits per heavy atom. The summed E-state index contributed by atoms with van der Waals surface area (Å²) in [6, 6.07) is 22.5. The molecule has 0 atom stereocenters. The summed E-state index contributed by atoms with van der Waals surface area (Å²) in [6.45, 7) is 0. The topological polar surface area (TPSA) is 99.5 Å². The number of carbonyl (C=O) groups is 2. The van der Waals surface area contributed by atoms with E-state index in [0.717, 1.165) is 16.7 Å². The minimum absolute atomic E-state index is 0.0362. The molecule has 0 aliphatic rings. The number of pyridine rings is 1. The number of aromatic carboxylic acids is 1. The lowest BCUT2D eigenvalue weighted by atomic mass is 10.0. The predicted molar refractivity (Wildman–Crippen MR) is 118 cm³/mol. The van der Waals surface area contributed by atoms with Gasteiger partial charge in [0, 0.05) is 18.0 Å². The second kappa shape index (κ2) is 8.51. The van der Waals surface area contributed by atoms with Crippen molar-refractivity contribution in [3.8, 4) is 28.0 Å². The summed E-state index contributed by atoms with van der Waals surface area (Å²) in [5, 5.41) is 22.6. The number of anilines is 1. The number of hydrogen-bond donors (Lipinski definition) is 3. The summed E-state index contributed by atoms with van der Waals surface area (Å²) in [5.74, 6) is -1.98. The van der Waals surface area contributed by atoms with E-state index >= 15 is 0 Å². The van der Waals surface area contributed by atoms with Gasteiger partial charge < -0.3 is 15.5 Å². The molecule has 3 aromatic carbocycles. The zero-order chi connectivity index (χ0) is 21.8. The van der Waals surface area contributed by atoms with Crippen molar-refractivity contribution in [2.24, 2.45) is 0 Å². The molecule has 152 valence electrons. The summed E-state index contributed by atoms with van der Waals surface area (Å²) in [7, 11) is 0. The number of phenols is 1. The molecule has 4 aromatic rings. The molecule has 0 spiro atoms. The molecule has 1 aromatic heterocycles. The Labute approximate surface area is 178 Å². The minimum Gasteiger partial charge on any atom is -0.507 e. The average molecular weight is 410 g/mol. The van der Waals surface area contributed by atoms with Crippen molar-refractivity contribution in [1.29, 1.82) is 0 Å². The largest absolute Gasteiger partial charge is 0.507 e. The van der Waals surface area contributed by atoms with E-state index in [-0.39, 0.29) is 22.6 Å². The van der Waals surface area contributed by atoms with Crippen molar-refractivity contribution in [3.05, 3.63) is 102 Å². The number of aromatic nitrogens is 1. The monoisotopic (exact) mass is 410 g/mol. The van der Waals surface area contributed by atoms with E-state index in [2.05, 4.69) is 10.3 Å². The lowest BCUT2D eigenvalue weighted by Gasteiger charge is -2.12. The highest BCUT2D eigenvalue weighted by molar-refractivity contribution is 6.09. The van der Waals surface area contributed by atoms with Crippen LogP contribution in [0.4, 0.5) is 5.69 Å². The summed E-state index contributed by atoms with van der Waals surface area (Å²) in [5.41, 5.74) is 3.30. The molecule has 6 nitrogen and oxygen atoms in total. The van der Waals surface area contributed by atoms with Gasteiger partial charge in [-0.15, -0.1) is 0 Å². The molecule has 0 fully saturated rings. The molecular formula is C25H18N2O4. The van der Waals surface area contributed by atoms with Gasteiger partial charge in [0.05, 0.1) is 16.8 Å². The minimum atomic E-state index is -1.16.